The third-order valence-electron chi connectivity index (χ3n) is 1.51. The molecule has 0 aliphatic carbocycles. The molecule has 0 unspecified atom stereocenters. The second-order valence-corrected chi connectivity index (χ2v) is 4.75. The van der Waals surface area contributed by atoms with Crippen LogP contribution < -0.4 is 5.73 Å². The van der Waals surface area contributed by atoms with Gasteiger partial charge in [-0.1, -0.05) is 11.8 Å². The van der Waals surface area contributed by atoms with Crippen LogP contribution in [0.3, 0.4) is 0 Å². The first-order valence-electron chi connectivity index (χ1n) is 3.76. The maximum atomic E-state index is 5.58. The SMILES string of the molecule is Nc1ccc(Sc2cncs2)cc1. The van der Waals surface area contributed by atoms with E-state index in [9.17, 15) is 0 Å². The quantitative estimate of drug-likeness (QED) is 0.771. The first kappa shape index (κ1) is 8.59. The average molecular weight is 208 g/mol. The number of anilines is 1. The lowest BCUT2D eigenvalue weighted by Crippen LogP contribution is -1.81. The highest BCUT2D eigenvalue weighted by molar-refractivity contribution is 8.01. The minimum Gasteiger partial charge on any atom is -0.399 e. The third kappa shape index (κ3) is 2.23. The molecule has 0 bridgehead atoms. The Hall–Kier alpha value is -1.00. The molecule has 2 N–H and O–H groups in total. The van der Waals surface area contributed by atoms with Gasteiger partial charge in [-0.2, -0.15) is 0 Å². The Kier molecular flexibility index (Phi) is 2.52. The van der Waals surface area contributed by atoms with Gasteiger partial charge >= 0.3 is 0 Å². The van der Waals surface area contributed by atoms with Gasteiger partial charge in [0.15, 0.2) is 0 Å². The average Bonchev–Trinajstić information content (AvgIpc) is 2.62. The van der Waals surface area contributed by atoms with E-state index in [-0.39, 0.29) is 0 Å². The van der Waals surface area contributed by atoms with Gasteiger partial charge in [0.25, 0.3) is 0 Å². The largest absolute Gasteiger partial charge is 0.399 e. The van der Waals surface area contributed by atoms with Crippen molar-refractivity contribution in [2.75, 3.05) is 5.73 Å². The zero-order valence-corrected chi connectivity index (χ0v) is 8.44. The van der Waals surface area contributed by atoms with Gasteiger partial charge in [-0.3, -0.25) is 4.98 Å². The predicted molar refractivity (Wildman–Crippen MR) is 57.1 cm³/mol. The summed E-state index contributed by atoms with van der Waals surface area (Å²) in [6.45, 7) is 0. The number of nitrogens with two attached hydrogens (primary N) is 1. The number of aromatic nitrogens is 1. The predicted octanol–water partition coefficient (Wildman–Crippen LogP) is 2.88. The zero-order chi connectivity index (χ0) is 9.10. The maximum absolute atomic E-state index is 5.58. The molecule has 0 aliphatic heterocycles. The Morgan fingerprint density at radius 2 is 2.00 bits per heavy atom. The van der Waals surface area contributed by atoms with E-state index in [4.69, 9.17) is 5.73 Å². The number of rotatable bonds is 2. The van der Waals surface area contributed by atoms with Gasteiger partial charge < -0.3 is 5.73 Å². The monoisotopic (exact) mass is 208 g/mol. The van der Waals surface area contributed by atoms with Crippen LogP contribution in [0.1, 0.15) is 0 Å². The lowest BCUT2D eigenvalue weighted by Gasteiger charge is -1.97. The summed E-state index contributed by atoms with van der Waals surface area (Å²) in [5.74, 6) is 0. The van der Waals surface area contributed by atoms with Crippen LogP contribution in [-0.2, 0) is 0 Å². The van der Waals surface area contributed by atoms with Crippen molar-refractivity contribution in [3.63, 3.8) is 0 Å². The van der Waals surface area contributed by atoms with Gasteiger partial charge in [0.2, 0.25) is 0 Å². The Balaban J connectivity index is 2.15. The molecule has 0 saturated carbocycles. The Morgan fingerprint density at radius 1 is 1.23 bits per heavy atom. The van der Waals surface area contributed by atoms with Crippen LogP contribution in [0.4, 0.5) is 5.69 Å². The molecule has 0 fully saturated rings. The summed E-state index contributed by atoms with van der Waals surface area (Å²) in [7, 11) is 0. The van der Waals surface area contributed by atoms with E-state index in [0.29, 0.717) is 0 Å². The lowest BCUT2D eigenvalue weighted by atomic mass is 10.3. The van der Waals surface area contributed by atoms with Crippen LogP contribution in [0.25, 0.3) is 0 Å². The molecule has 66 valence electrons. The van der Waals surface area contributed by atoms with Crippen molar-refractivity contribution in [2.45, 2.75) is 9.10 Å². The fraction of sp³-hybridized carbons (Fsp3) is 0. The minimum absolute atomic E-state index is 0.800. The second kappa shape index (κ2) is 3.81. The molecule has 1 aromatic heterocycles. The summed E-state index contributed by atoms with van der Waals surface area (Å²) in [6.07, 6.45) is 1.87. The van der Waals surface area contributed by atoms with Gasteiger partial charge in [-0.25, -0.2) is 0 Å². The van der Waals surface area contributed by atoms with Crippen LogP contribution in [0.2, 0.25) is 0 Å². The van der Waals surface area contributed by atoms with Crippen LogP contribution >= 0.6 is 23.1 Å². The van der Waals surface area contributed by atoms with Crippen molar-refractivity contribution >= 4 is 28.8 Å². The zero-order valence-electron chi connectivity index (χ0n) is 6.81. The van der Waals surface area contributed by atoms with Crippen molar-refractivity contribution < 1.29 is 0 Å². The molecule has 2 rings (SSSR count). The highest BCUT2D eigenvalue weighted by Gasteiger charge is 1.97. The Morgan fingerprint density at radius 3 is 2.62 bits per heavy atom. The first-order valence-corrected chi connectivity index (χ1v) is 5.46. The molecule has 13 heavy (non-hydrogen) atoms. The van der Waals surface area contributed by atoms with Crippen molar-refractivity contribution in [1.29, 1.82) is 0 Å². The molecule has 4 heteroatoms. The van der Waals surface area contributed by atoms with E-state index in [0.717, 1.165) is 5.69 Å². The van der Waals surface area contributed by atoms with Gasteiger partial charge in [-0.05, 0) is 24.3 Å². The maximum Gasteiger partial charge on any atom is 0.0845 e. The van der Waals surface area contributed by atoms with Crippen molar-refractivity contribution in [3.8, 4) is 0 Å². The summed E-state index contributed by atoms with van der Waals surface area (Å²) in [5.41, 5.74) is 8.21. The number of nitrogen functional groups attached to an aromatic ring is 1. The summed E-state index contributed by atoms with van der Waals surface area (Å²) < 4.78 is 1.20. The molecule has 0 radical (unpaired) electrons. The summed E-state index contributed by atoms with van der Waals surface area (Å²) in [4.78, 5) is 5.20. The second-order valence-electron chi connectivity index (χ2n) is 2.49. The van der Waals surface area contributed by atoms with Crippen LogP contribution in [0.5, 0.6) is 0 Å². The van der Waals surface area contributed by atoms with Crippen LogP contribution in [0.15, 0.2) is 45.1 Å². The summed E-state index contributed by atoms with van der Waals surface area (Å²) in [6, 6.07) is 7.84. The normalized spacial score (nSPS) is 10.2. The number of benzene rings is 1. The van der Waals surface area contributed by atoms with Gasteiger partial charge in [0.05, 0.1) is 15.9 Å². The lowest BCUT2D eigenvalue weighted by molar-refractivity contribution is 1.37. The van der Waals surface area contributed by atoms with Crippen LogP contribution in [0, 0.1) is 0 Å². The highest BCUT2D eigenvalue weighted by Crippen LogP contribution is 2.30. The molecule has 2 aromatic rings. The standard InChI is InChI=1S/C9H8N2S2/c10-7-1-3-8(4-2-7)13-9-5-11-6-12-9/h1-6H,10H2. The Bertz CT molecular complexity index is 367. The van der Waals surface area contributed by atoms with Gasteiger partial charge in [0.1, 0.15) is 0 Å². The molecule has 1 aromatic carbocycles. The molecule has 1 heterocycles. The molecule has 0 spiro atoms. The van der Waals surface area contributed by atoms with Gasteiger partial charge in [-0.15, -0.1) is 11.3 Å². The minimum atomic E-state index is 0.800. The molecule has 0 aliphatic rings. The van der Waals surface area contributed by atoms with Crippen molar-refractivity contribution in [3.05, 3.63) is 36.0 Å². The topological polar surface area (TPSA) is 38.9 Å². The summed E-state index contributed by atoms with van der Waals surface area (Å²) in [5, 5.41) is 0. The van der Waals surface area contributed by atoms with E-state index in [1.165, 1.54) is 9.10 Å². The molecular formula is C9H8N2S2. The highest BCUT2D eigenvalue weighted by atomic mass is 32.2. The molecule has 2 nitrogen and oxygen atoms in total. The van der Waals surface area contributed by atoms with Crippen molar-refractivity contribution in [1.82, 2.24) is 4.98 Å². The number of hydrogen-bond acceptors (Lipinski definition) is 4. The fourth-order valence-electron chi connectivity index (χ4n) is 0.907. The number of hydrogen-bond donors (Lipinski definition) is 1. The van der Waals surface area contributed by atoms with Crippen LogP contribution in [-0.4, -0.2) is 4.98 Å². The number of nitrogens with zero attached hydrogens (tertiary/aromatic N) is 1. The third-order valence-corrected chi connectivity index (χ3v) is 3.43. The summed E-state index contributed by atoms with van der Waals surface area (Å²) >= 11 is 3.35. The molecule has 0 amide bonds. The first-order chi connectivity index (χ1) is 6.34. The molecular weight excluding hydrogens is 200 g/mol. The number of thiazole rings is 1. The fourth-order valence-corrected chi connectivity index (χ4v) is 2.48. The molecule has 0 atom stereocenters. The van der Waals surface area contributed by atoms with E-state index in [2.05, 4.69) is 4.98 Å². The van der Waals surface area contributed by atoms with Crippen molar-refractivity contribution in [2.24, 2.45) is 0 Å². The Labute approximate surface area is 84.8 Å². The molecule has 0 saturated heterocycles. The van der Waals surface area contributed by atoms with E-state index in [1.807, 2.05) is 36.0 Å². The smallest absolute Gasteiger partial charge is 0.0845 e. The van der Waals surface area contributed by atoms with Gasteiger partial charge in [0, 0.05) is 10.6 Å². The van der Waals surface area contributed by atoms with E-state index < -0.39 is 0 Å². The van der Waals surface area contributed by atoms with E-state index >= 15 is 0 Å². The van der Waals surface area contributed by atoms with E-state index in [1.54, 1.807) is 23.1 Å².